The number of rotatable bonds is 4. The summed E-state index contributed by atoms with van der Waals surface area (Å²) in [6.07, 6.45) is 4.35. The molecule has 0 amide bonds. The van der Waals surface area contributed by atoms with Crippen LogP contribution in [0.1, 0.15) is 32.6 Å². The average Bonchev–Trinajstić information content (AvgIpc) is 2.79. The molecule has 98 valence electrons. The van der Waals surface area contributed by atoms with Crippen molar-refractivity contribution in [3.05, 3.63) is 0 Å². The molecule has 0 aliphatic carbocycles. The fourth-order valence-electron chi connectivity index (χ4n) is 2.85. The second kappa shape index (κ2) is 6.36. The van der Waals surface area contributed by atoms with Crippen LogP contribution in [0.15, 0.2) is 0 Å². The fraction of sp³-hybridized carbons (Fsp3) is 0.923. The van der Waals surface area contributed by atoms with Gasteiger partial charge in [0.15, 0.2) is 0 Å². The second-order valence-corrected chi connectivity index (χ2v) is 4.99. The predicted molar refractivity (Wildman–Crippen MR) is 64.7 cm³/mol. The summed E-state index contributed by atoms with van der Waals surface area (Å²) in [5.74, 6) is 0.616. The summed E-state index contributed by atoms with van der Waals surface area (Å²) in [7, 11) is 0. The molecule has 2 aliphatic heterocycles. The molecule has 0 aromatic heterocycles. The molecular weight excluding hydrogens is 218 g/mol. The Bertz CT molecular complexity index is 251. The summed E-state index contributed by atoms with van der Waals surface area (Å²) in [5.41, 5.74) is 0. The van der Waals surface area contributed by atoms with Crippen LogP contribution in [0, 0.1) is 11.8 Å². The molecule has 0 aromatic carbocycles. The summed E-state index contributed by atoms with van der Waals surface area (Å²) < 4.78 is 10.8. The van der Waals surface area contributed by atoms with E-state index in [4.69, 9.17) is 9.47 Å². The predicted octanol–water partition coefficient (Wildman–Crippen LogP) is 1.34. The van der Waals surface area contributed by atoms with Crippen LogP contribution in [-0.4, -0.2) is 38.4 Å². The zero-order chi connectivity index (χ0) is 12.1. The van der Waals surface area contributed by atoms with Crippen LogP contribution in [0.25, 0.3) is 0 Å². The van der Waals surface area contributed by atoms with Gasteiger partial charge in [-0.2, -0.15) is 0 Å². The van der Waals surface area contributed by atoms with Gasteiger partial charge in [-0.15, -0.1) is 0 Å². The maximum Gasteiger partial charge on any atom is 0.311 e. The molecule has 2 fully saturated rings. The summed E-state index contributed by atoms with van der Waals surface area (Å²) in [6, 6.07) is 0. The first kappa shape index (κ1) is 12.8. The lowest BCUT2D eigenvalue weighted by Gasteiger charge is -2.26. The van der Waals surface area contributed by atoms with Gasteiger partial charge in [-0.1, -0.05) is 0 Å². The van der Waals surface area contributed by atoms with Gasteiger partial charge < -0.3 is 14.8 Å². The number of ether oxygens (including phenoxy) is 2. The molecule has 0 spiro atoms. The van der Waals surface area contributed by atoms with Crippen molar-refractivity contribution in [2.75, 3.05) is 26.3 Å². The van der Waals surface area contributed by atoms with E-state index in [1.807, 2.05) is 6.92 Å². The summed E-state index contributed by atoms with van der Waals surface area (Å²) in [4.78, 5) is 11.8. The highest BCUT2D eigenvalue weighted by Gasteiger charge is 2.36. The first-order chi connectivity index (χ1) is 8.31. The van der Waals surface area contributed by atoms with Crippen molar-refractivity contribution in [3.8, 4) is 0 Å². The van der Waals surface area contributed by atoms with Crippen molar-refractivity contribution in [2.45, 2.75) is 38.7 Å². The van der Waals surface area contributed by atoms with Gasteiger partial charge in [0, 0.05) is 6.61 Å². The van der Waals surface area contributed by atoms with Crippen LogP contribution in [0.5, 0.6) is 0 Å². The molecule has 4 nitrogen and oxygen atoms in total. The highest BCUT2D eigenvalue weighted by Crippen LogP contribution is 2.30. The van der Waals surface area contributed by atoms with Crippen molar-refractivity contribution >= 4 is 5.97 Å². The van der Waals surface area contributed by atoms with Crippen LogP contribution >= 0.6 is 0 Å². The first-order valence-corrected chi connectivity index (χ1v) is 6.80. The van der Waals surface area contributed by atoms with Crippen LogP contribution in [0.4, 0.5) is 0 Å². The zero-order valence-electron chi connectivity index (χ0n) is 10.6. The molecule has 0 saturated carbocycles. The largest absolute Gasteiger partial charge is 0.466 e. The third-order valence-electron chi connectivity index (χ3n) is 3.82. The van der Waals surface area contributed by atoms with Gasteiger partial charge in [0.1, 0.15) is 0 Å². The van der Waals surface area contributed by atoms with Gasteiger partial charge in [0.2, 0.25) is 0 Å². The minimum absolute atomic E-state index is 0.0233. The standard InChI is InChI=1S/C13H23NO3/c1-2-16-13(15)11-5-8-17-12(11)9-10-3-6-14-7-4-10/h10-12,14H,2-9H2,1H3/t11-,12-/m0/s1. The van der Waals surface area contributed by atoms with Crippen molar-refractivity contribution in [2.24, 2.45) is 11.8 Å². The van der Waals surface area contributed by atoms with Gasteiger partial charge in [-0.25, -0.2) is 0 Å². The molecule has 0 radical (unpaired) electrons. The quantitative estimate of drug-likeness (QED) is 0.755. The Morgan fingerprint density at radius 2 is 2.12 bits per heavy atom. The zero-order valence-corrected chi connectivity index (χ0v) is 10.6. The highest BCUT2D eigenvalue weighted by molar-refractivity contribution is 5.73. The number of carbonyl (C=O) groups excluding carboxylic acids is 1. The van der Waals surface area contributed by atoms with E-state index in [-0.39, 0.29) is 18.0 Å². The van der Waals surface area contributed by atoms with Gasteiger partial charge in [0.05, 0.1) is 18.6 Å². The lowest BCUT2D eigenvalue weighted by atomic mass is 9.87. The molecule has 2 atom stereocenters. The number of hydrogen-bond acceptors (Lipinski definition) is 4. The number of esters is 1. The van der Waals surface area contributed by atoms with E-state index in [1.165, 1.54) is 12.8 Å². The van der Waals surface area contributed by atoms with Crippen LogP contribution in [-0.2, 0) is 14.3 Å². The van der Waals surface area contributed by atoms with Gasteiger partial charge in [-0.05, 0) is 51.6 Å². The Labute approximate surface area is 103 Å². The third kappa shape index (κ3) is 3.42. The van der Waals surface area contributed by atoms with Gasteiger partial charge in [-0.3, -0.25) is 4.79 Å². The Morgan fingerprint density at radius 3 is 2.82 bits per heavy atom. The van der Waals surface area contributed by atoms with E-state index < -0.39 is 0 Å². The van der Waals surface area contributed by atoms with Gasteiger partial charge in [0.25, 0.3) is 0 Å². The lowest BCUT2D eigenvalue weighted by molar-refractivity contribution is -0.150. The minimum Gasteiger partial charge on any atom is -0.466 e. The van der Waals surface area contributed by atoms with E-state index >= 15 is 0 Å². The van der Waals surface area contributed by atoms with E-state index in [0.29, 0.717) is 19.1 Å². The third-order valence-corrected chi connectivity index (χ3v) is 3.82. The molecule has 1 N–H and O–H groups in total. The van der Waals surface area contributed by atoms with E-state index in [1.54, 1.807) is 0 Å². The summed E-state index contributed by atoms with van der Waals surface area (Å²) in [5, 5.41) is 3.36. The number of piperidine rings is 1. The molecular formula is C13H23NO3. The minimum atomic E-state index is -0.0658. The van der Waals surface area contributed by atoms with E-state index in [2.05, 4.69) is 5.32 Å². The SMILES string of the molecule is CCOC(=O)[C@H]1CCO[C@H]1CC1CCNCC1. The number of nitrogens with one attached hydrogen (secondary N) is 1. The van der Waals surface area contributed by atoms with Crippen molar-refractivity contribution < 1.29 is 14.3 Å². The molecule has 2 heterocycles. The van der Waals surface area contributed by atoms with Crippen LogP contribution in [0.3, 0.4) is 0 Å². The van der Waals surface area contributed by atoms with Crippen molar-refractivity contribution in [1.82, 2.24) is 5.32 Å². The summed E-state index contributed by atoms with van der Waals surface area (Å²) >= 11 is 0. The Morgan fingerprint density at radius 1 is 1.35 bits per heavy atom. The molecule has 0 aromatic rings. The van der Waals surface area contributed by atoms with Crippen molar-refractivity contribution in [3.63, 3.8) is 0 Å². The number of hydrogen-bond donors (Lipinski definition) is 1. The molecule has 2 rings (SSSR count). The average molecular weight is 241 g/mol. The molecule has 2 aliphatic rings. The molecule has 0 bridgehead atoms. The maximum absolute atomic E-state index is 11.8. The number of carbonyl (C=O) groups is 1. The topological polar surface area (TPSA) is 47.6 Å². The van der Waals surface area contributed by atoms with Crippen molar-refractivity contribution in [1.29, 1.82) is 0 Å². The lowest BCUT2D eigenvalue weighted by Crippen LogP contribution is -2.33. The van der Waals surface area contributed by atoms with Gasteiger partial charge >= 0.3 is 5.97 Å². The first-order valence-electron chi connectivity index (χ1n) is 6.80. The fourth-order valence-corrected chi connectivity index (χ4v) is 2.85. The molecule has 4 heteroatoms. The second-order valence-electron chi connectivity index (χ2n) is 4.99. The smallest absolute Gasteiger partial charge is 0.311 e. The Kier molecular flexibility index (Phi) is 4.80. The molecule has 2 saturated heterocycles. The normalized spacial score (nSPS) is 30.4. The highest BCUT2D eigenvalue weighted by atomic mass is 16.5. The van der Waals surface area contributed by atoms with Crippen LogP contribution < -0.4 is 5.32 Å². The maximum atomic E-state index is 11.8. The van der Waals surface area contributed by atoms with E-state index in [0.717, 1.165) is 25.9 Å². The Balaban J connectivity index is 1.83. The monoisotopic (exact) mass is 241 g/mol. The Hall–Kier alpha value is -0.610. The molecule has 17 heavy (non-hydrogen) atoms. The molecule has 0 unspecified atom stereocenters. The van der Waals surface area contributed by atoms with Crippen LogP contribution in [0.2, 0.25) is 0 Å². The summed E-state index contributed by atoms with van der Waals surface area (Å²) in [6.45, 7) is 5.23. The van der Waals surface area contributed by atoms with E-state index in [9.17, 15) is 4.79 Å².